The third-order valence-corrected chi connectivity index (χ3v) is 3.16. The van der Waals surface area contributed by atoms with E-state index in [1.54, 1.807) is 6.33 Å². The maximum absolute atomic E-state index is 5.77. The fourth-order valence-corrected chi connectivity index (χ4v) is 2.13. The molecule has 0 saturated heterocycles. The van der Waals surface area contributed by atoms with Crippen molar-refractivity contribution in [2.75, 3.05) is 12.4 Å². The molecule has 17 heavy (non-hydrogen) atoms. The summed E-state index contributed by atoms with van der Waals surface area (Å²) >= 11 is 5.77. The molecule has 0 bridgehead atoms. The number of aromatic nitrogens is 3. The maximum Gasteiger partial charge on any atom is 0.140 e. The third-order valence-electron chi connectivity index (χ3n) is 2.94. The van der Waals surface area contributed by atoms with Crippen LogP contribution in [0, 0.1) is 5.92 Å². The third kappa shape index (κ3) is 5.04. The first kappa shape index (κ1) is 14.5. The zero-order valence-corrected chi connectivity index (χ0v) is 11.6. The number of halogens is 1. The summed E-state index contributed by atoms with van der Waals surface area (Å²) in [5.41, 5.74) is 0. The lowest BCUT2D eigenvalue weighted by atomic mass is 10.0. The second kappa shape index (κ2) is 8.48. The molecule has 5 heteroatoms. The predicted molar refractivity (Wildman–Crippen MR) is 71.1 cm³/mol. The molecule has 1 atom stereocenters. The SMILES string of the molecule is CCCn1ncnc1CNCC(CC)CCCl. The Hall–Kier alpha value is -0.610. The fourth-order valence-electron chi connectivity index (χ4n) is 1.82. The molecule has 0 aliphatic rings. The van der Waals surface area contributed by atoms with E-state index < -0.39 is 0 Å². The Morgan fingerprint density at radius 3 is 2.94 bits per heavy atom. The largest absolute Gasteiger partial charge is 0.310 e. The van der Waals surface area contributed by atoms with Gasteiger partial charge in [0.25, 0.3) is 0 Å². The standard InChI is InChI=1S/C12H23ClN4/c1-3-7-17-12(15-10-16-17)9-14-8-11(4-2)5-6-13/h10-11,14H,3-9H2,1-2H3. The maximum atomic E-state index is 5.77. The van der Waals surface area contributed by atoms with Gasteiger partial charge >= 0.3 is 0 Å². The monoisotopic (exact) mass is 258 g/mol. The highest BCUT2D eigenvalue weighted by molar-refractivity contribution is 6.17. The molecule has 0 fully saturated rings. The van der Waals surface area contributed by atoms with Gasteiger partial charge in [-0.15, -0.1) is 11.6 Å². The number of aryl methyl sites for hydroxylation is 1. The Morgan fingerprint density at radius 1 is 1.47 bits per heavy atom. The van der Waals surface area contributed by atoms with Gasteiger partial charge in [-0.2, -0.15) is 5.10 Å². The van der Waals surface area contributed by atoms with Crippen molar-refractivity contribution in [2.24, 2.45) is 5.92 Å². The number of nitrogens with one attached hydrogen (secondary N) is 1. The Kier molecular flexibility index (Phi) is 7.21. The van der Waals surface area contributed by atoms with Crippen molar-refractivity contribution in [2.45, 2.75) is 46.2 Å². The highest BCUT2D eigenvalue weighted by atomic mass is 35.5. The van der Waals surface area contributed by atoms with Crippen molar-refractivity contribution >= 4 is 11.6 Å². The van der Waals surface area contributed by atoms with Gasteiger partial charge in [0.2, 0.25) is 0 Å². The summed E-state index contributed by atoms with van der Waals surface area (Å²) in [4.78, 5) is 4.27. The van der Waals surface area contributed by atoms with Crippen LogP contribution in [0.2, 0.25) is 0 Å². The minimum absolute atomic E-state index is 0.662. The van der Waals surface area contributed by atoms with E-state index in [-0.39, 0.29) is 0 Å². The molecule has 0 saturated carbocycles. The van der Waals surface area contributed by atoms with Crippen LogP contribution in [0.15, 0.2) is 6.33 Å². The lowest BCUT2D eigenvalue weighted by Gasteiger charge is -2.14. The molecular weight excluding hydrogens is 236 g/mol. The molecule has 0 amide bonds. The number of rotatable bonds is 9. The molecule has 0 aliphatic heterocycles. The van der Waals surface area contributed by atoms with Crippen LogP contribution in [0.4, 0.5) is 0 Å². The van der Waals surface area contributed by atoms with Crippen LogP contribution in [0.3, 0.4) is 0 Å². The summed E-state index contributed by atoms with van der Waals surface area (Å²) in [5.74, 6) is 2.43. The van der Waals surface area contributed by atoms with E-state index in [4.69, 9.17) is 11.6 Å². The average Bonchev–Trinajstić information content (AvgIpc) is 2.76. The highest BCUT2D eigenvalue weighted by Crippen LogP contribution is 2.08. The van der Waals surface area contributed by atoms with Gasteiger partial charge in [-0.05, 0) is 25.3 Å². The van der Waals surface area contributed by atoms with Crippen molar-refractivity contribution in [1.82, 2.24) is 20.1 Å². The van der Waals surface area contributed by atoms with Crippen LogP contribution in [-0.4, -0.2) is 27.2 Å². The van der Waals surface area contributed by atoms with E-state index in [0.717, 1.165) is 44.2 Å². The van der Waals surface area contributed by atoms with Gasteiger partial charge in [0, 0.05) is 12.4 Å². The summed E-state index contributed by atoms with van der Waals surface area (Å²) in [5, 5.41) is 7.65. The van der Waals surface area contributed by atoms with Crippen molar-refractivity contribution in [1.29, 1.82) is 0 Å². The molecule has 0 spiro atoms. The van der Waals surface area contributed by atoms with Crippen LogP contribution in [0.1, 0.15) is 38.9 Å². The smallest absolute Gasteiger partial charge is 0.140 e. The van der Waals surface area contributed by atoms with Gasteiger partial charge in [-0.25, -0.2) is 9.67 Å². The van der Waals surface area contributed by atoms with Gasteiger partial charge in [-0.1, -0.05) is 20.3 Å². The Labute approximate surface area is 109 Å². The second-order valence-electron chi connectivity index (χ2n) is 4.28. The van der Waals surface area contributed by atoms with Crippen LogP contribution in [0.5, 0.6) is 0 Å². The van der Waals surface area contributed by atoms with Crippen molar-refractivity contribution < 1.29 is 0 Å². The molecule has 1 N–H and O–H groups in total. The molecule has 98 valence electrons. The van der Waals surface area contributed by atoms with E-state index in [1.807, 2.05) is 4.68 Å². The van der Waals surface area contributed by atoms with E-state index in [0.29, 0.717) is 5.92 Å². The summed E-state index contributed by atoms with van der Waals surface area (Å²) < 4.78 is 1.97. The molecule has 1 aromatic rings. The van der Waals surface area contributed by atoms with Crippen molar-refractivity contribution in [3.8, 4) is 0 Å². The quantitative estimate of drug-likeness (QED) is 0.692. The topological polar surface area (TPSA) is 42.7 Å². The lowest BCUT2D eigenvalue weighted by Crippen LogP contribution is -2.24. The number of hydrogen-bond acceptors (Lipinski definition) is 3. The zero-order valence-electron chi connectivity index (χ0n) is 10.8. The predicted octanol–water partition coefficient (Wildman–Crippen LogP) is 2.43. The molecule has 1 rings (SSSR count). The Balaban J connectivity index is 2.31. The zero-order chi connectivity index (χ0) is 12.5. The normalized spacial score (nSPS) is 12.9. The van der Waals surface area contributed by atoms with Crippen LogP contribution in [-0.2, 0) is 13.1 Å². The van der Waals surface area contributed by atoms with E-state index in [9.17, 15) is 0 Å². The number of hydrogen-bond donors (Lipinski definition) is 1. The Bertz CT molecular complexity index is 300. The molecule has 4 nitrogen and oxygen atoms in total. The molecule has 1 heterocycles. The molecule has 1 unspecified atom stereocenters. The minimum atomic E-state index is 0.662. The average molecular weight is 259 g/mol. The first-order chi connectivity index (χ1) is 8.31. The molecule has 0 aliphatic carbocycles. The van der Waals surface area contributed by atoms with Gasteiger partial charge in [0.15, 0.2) is 0 Å². The van der Waals surface area contributed by atoms with Crippen molar-refractivity contribution in [3.63, 3.8) is 0 Å². The van der Waals surface area contributed by atoms with E-state index >= 15 is 0 Å². The van der Waals surface area contributed by atoms with Gasteiger partial charge in [0.1, 0.15) is 12.2 Å². The number of alkyl halides is 1. The first-order valence-electron chi connectivity index (χ1n) is 6.45. The highest BCUT2D eigenvalue weighted by Gasteiger charge is 2.07. The molecular formula is C12H23ClN4. The van der Waals surface area contributed by atoms with E-state index in [1.165, 1.54) is 6.42 Å². The van der Waals surface area contributed by atoms with Gasteiger partial charge in [-0.3, -0.25) is 0 Å². The molecule has 0 radical (unpaired) electrons. The van der Waals surface area contributed by atoms with Gasteiger partial charge < -0.3 is 5.32 Å². The minimum Gasteiger partial charge on any atom is -0.310 e. The van der Waals surface area contributed by atoms with Crippen LogP contribution >= 0.6 is 11.6 Å². The molecule has 0 aromatic carbocycles. The van der Waals surface area contributed by atoms with Crippen LogP contribution < -0.4 is 5.32 Å². The van der Waals surface area contributed by atoms with E-state index in [2.05, 4.69) is 29.2 Å². The summed E-state index contributed by atoms with van der Waals surface area (Å²) in [6.45, 7) is 7.09. The summed E-state index contributed by atoms with van der Waals surface area (Å²) in [7, 11) is 0. The second-order valence-corrected chi connectivity index (χ2v) is 4.66. The first-order valence-corrected chi connectivity index (χ1v) is 6.98. The van der Waals surface area contributed by atoms with Crippen LogP contribution in [0.25, 0.3) is 0 Å². The lowest BCUT2D eigenvalue weighted by molar-refractivity contribution is 0.440. The summed E-state index contributed by atoms with van der Waals surface area (Å²) in [6.07, 6.45) is 4.96. The molecule has 1 aromatic heterocycles. The Morgan fingerprint density at radius 2 is 2.29 bits per heavy atom. The fraction of sp³-hybridized carbons (Fsp3) is 0.833. The summed E-state index contributed by atoms with van der Waals surface area (Å²) in [6, 6.07) is 0. The van der Waals surface area contributed by atoms with Gasteiger partial charge in [0.05, 0.1) is 6.54 Å². The number of nitrogens with zero attached hydrogens (tertiary/aromatic N) is 3. The van der Waals surface area contributed by atoms with Crippen molar-refractivity contribution in [3.05, 3.63) is 12.2 Å².